The van der Waals surface area contributed by atoms with Crippen LogP contribution in [0.1, 0.15) is 0 Å². The lowest BCUT2D eigenvalue weighted by molar-refractivity contribution is 1.24. The van der Waals surface area contributed by atoms with Gasteiger partial charge in [-0.25, -0.2) is 0 Å². The molecule has 0 fully saturated rings. The minimum Gasteiger partial charge on any atom is -0.310 e. The van der Waals surface area contributed by atoms with Crippen molar-refractivity contribution in [2.45, 2.75) is 0 Å². The Balaban J connectivity index is 0.929. The Morgan fingerprint density at radius 3 is 1.15 bits per heavy atom. The SMILES string of the molecule is c1ccc(-c2ccc(N(c3ccc(-c4ccccc4)cc3)c3cccc(N(c4cccc(N(c5ccccc5)c5ccc6sc7c8ccccc8ccc7c6c5)c4)c4ccc5sc6ccccc6c5c4)c3)cc2)cc1. The van der Waals surface area contributed by atoms with Gasteiger partial charge in [0.15, 0.2) is 0 Å². The summed E-state index contributed by atoms with van der Waals surface area (Å²) in [5.74, 6) is 0. The van der Waals surface area contributed by atoms with Crippen molar-refractivity contribution < 1.29 is 0 Å². The van der Waals surface area contributed by atoms with Gasteiger partial charge in [-0.05, 0) is 148 Å². The van der Waals surface area contributed by atoms with Crippen LogP contribution in [0.4, 0.5) is 51.2 Å². The highest BCUT2D eigenvalue weighted by Crippen LogP contribution is 2.47. The number of benzene rings is 12. The molecule has 0 spiro atoms. The molecule has 14 rings (SSSR count). The molecule has 12 aromatic carbocycles. The van der Waals surface area contributed by atoms with E-state index in [-0.39, 0.29) is 0 Å². The normalized spacial score (nSPS) is 11.5. The summed E-state index contributed by atoms with van der Waals surface area (Å²) < 4.78 is 5.16. The highest BCUT2D eigenvalue weighted by molar-refractivity contribution is 7.26. The van der Waals surface area contributed by atoms with Crippen molar-refractivity contribution in [1.82, 2.24) is 0 Å². The molecule has 14 aromatic rings. The minimum atomic E-state index is 1.04. The number of thiophene rings is 2. The average Bonchev–Trinajstić information content (AvgIpc) is 4.06. The lowest BCUT2D eigenvalue weighted by Gasteiger charge is -2.31. The molecule has 0 amide bonds. The summed E-state index contributed by atoms with van der Waals surface area (Å²) in [4.78, 5) is 7.21. The number of fused-ring (bicyclic) bond motifs is 8. The highest BCUT2D eigenvalue weighted by atomic mass is 32.1. The van der Waals surface area contributed by atoms with Gasteiger partial charge in [0.05, 0.1) is 0 Å². The first kappa shape index (κ1) is 44.4. The van der Waals surface area contributed by atoms with Crippen molar-refractivity contribution in [3.05, 3.63) is 285 Å². The van der Waals surface area contributed by atoms with Gasteiger partial charge in [0.25, 0.3) is 0 Å². The van der Waals surface area contributed by atoms with Crippen LogP contribution in [-0.2, 0) is 0 Å². The van der Waals surface area contributed by atoms with E-state index in [1.165, 1.54) is 73.4 Å². The molecule has 0 saturated heterocycles. The van der Waals surface area contributed by atoms with Crippen LogP contribution in [0, 0.1) is 0 Å². The van der Waals surface area contributed by atoms with Gasteiger partial charge in [-0.2, -0.15) is 0 Å². The fourth-order valence-corrected chi connectivity index (χ4v) is 13.1. The van der Waals surface area contributed by atoms with Crippen LogP contribution in [0.5, 0.6) is 0 Å². The third-order valence-electron chi connectivity index (χ3n) is 14.4. The van der Waals surface area contributed by atoms with Crippen molar-refractivity contribution in [2.75, 3.05) is 14.7 Å². The number of hydrogen-bond donors (Lipinski definition) is 0. The van der Waals surface area contributed by atoms with E-state index in [1.54, 1.807) is 0 Å². The standard InChI is InChI=1S/C70H47N3S2/c1-4-16-48(17-5-1)50-30-35-54(36-31-50)71(55-37-32-51(33-38-55)49-18-6-2-7-19-49)56-23-14-25-58(44-56)73(61-39-42-68-65(46-61)63-28-12-13-29-67(63)74-68)59-26-15-24-57(45-59)72(53-21-8-3-9-22-53)60-40-43-69-66(47-60)64-41-34-52-20-10-11-27-62(52)70(64)75-69/h1-47H. The summed E-state index contributed by atoms with van der Waals surface area (Å²) in [5.41, 5.74) is 14.3. The number of anilines is 9. The predicted octanol–water partition coefficient (Wildman–Crippen LogP) is 21.3. The van der Waals surface area contributed by atoms with Crippen LogP contribution in [0.15, 0.2) is 285 Å². The molecule has 0 aliphatic carbocycles. The van der Waals surface area contributed by atoms with Gasteiger partial charge in [0, 0.05) is 91.5 Å². The number of para-hydroxylation sites is 1. The smallest absolute Gasteiger partial charge is 0.0482 e. The van der Waals surface area contributed by atoms with E-state index in [0.29, 0.717) is 0 Å². The van der Waals surface area contributed by atoms with Gasteiger partial charge in [-0.15, -0.1) is 22.7 Å². The second kappa shape index (κ2) is 19.0. The van der Waals surface area contributed by atoms with Crippen LogP contribution < -0.4 is 14.7 Å². The fraction of sp³-hybridized carbons (Fsp3) is 0. The summed E-state index contributed by atoms with van der Waals surface area (Å²) in [6.07, 6.45) is 0. The third kappa shape index (κ3) is 8.25. The van der Waals surface area contributed by atoms with Crippen molar-refractivity contribution >= 4 is 125 Å². The zero-order valence-electron chi connectivity index (χ0n) is 40.8. The molecule has 0 atom stereocenters. The van der Waals surface area contributed by atoms with Crippen molar-refractivity contribution in [3.63, 3.8) is 0 Å². The molecule has 0 saturated carbocycles. The monoisotopic (exact) mass is 993 g/mol. The van der Waals surface area contributed by atoms with Crippen LogP contribution >= 0.6 is 22.7 Å². The molecule has 0 aliphatic rings. The molecular formula is C70H47N3S2. The van der Waals surface area contributed by atoms with Gasteiger partial charge < -0.3 is 14.7 Å². The Bertz CT molecular complexity index is 4270. The third-order valence-corrected chi connectivity index (χ3v) is 16.8. The van der Waals surface area contributed by atoms with E-state index in [1.807, 2.05) is 22.7 Å². The van der Waals surface area contributed by atoms with E-state index in [4.69, 9.17) is 0 Å². The van der Waals surface area contributed by atoms with Gasteiger partial charge in [0.1, 0.15) is 0 Å². The maximum Gasteiger partial charge on any atom is 0.0482 e. The van der Waals surface area contributed by atoms with Gasteiger partial charge >= 0.3 is 0 Å². The molecular weight excluding hydrogens is 947 g/mol. The lowest BCUT2D eigenvalue weighted by atomic mass is 10.0. The second-order valence-corrected chi connectivity index (χ2v) is 21.1. The van der Waals surface area contributed by atoms with Crippen LogP contribution in [0.3, 0.4) is 0 Å². The van der Waals surface area contributed by atoms with Crippen LogP contribution in [-0.4, -0.2) is 0 Å². The first-order valence-electron chi connectivity index (χ1n) is 25.4. The van der Waals surface area contributed by atoms with Crippen LogP contribution in [0.25, 0.3) is 73.4 Å². The summed E-state index contributed by atoms with van der Waals surface area (Å²) >= 11 is 3.73. The van der Waals surface area contributed by atoms with E-state index in [2.05, 4.69) is 300 Å². The Hall–Kier alpha value is -9.26. The molecule has 0 N–H and O–H groups in total. The first-order valence-corrected chi connectivity index (χ1v) is 27.0. The fourth-order valence-electron chi connectivity index (χ4n) is 10.8. The number of rotatable bonds is 11. The van der Waals surface area contributed by atoms with E-state index in [0.717, 1.165) is 51.2 Å². The Labute approximate surface area is 444 Å². The first-order chi connectivity index (χ1) is 37.2. The summed E-state index contributed by atoms with van der Waals surface area (Å²) in [6.45, 7) is 0. The zero-order valence-corrected chi connectivity index (χ0v) is 42.4. The molecule has 5 heteroatoms. The Morgan fingerprint density at radius 2 is 0.573 bits per heavy atom. The molecule has 3 nitrogen and oxygen atoms in total. The lowest BCUT2D eigenvalue weighted by Crippen LogP contribution is -2.14. The minimum absolute atomic E-state index is 1.04. The van der Waals surface area contributed by atoms with Gasteiger partial charge in [-0.1, -0.05) is 170 Å². The molecule has 75 heavy (non-hydrogen) atoms. The molecule has 0 radical (unpaired) electrons. The van der Waals surface area contributed by atoms with E-state index in [9.17, 15) is 0 Å². The zero-order chi connectivity index (χ0) is 49.7. The summed E-state index contributed by atoms with van der Waals surface area (Å²) in [6, 6.07) is 104. The summed E-state index contributed by atoms with van der Waals surface area (Å²) in [7, 11) is 0. The molecule has 0 unspecified atom stereocenters. The van der Waals surface area contributed by atoms with E-state index >= 15 is 0 Å². The van der Waals surface area contributed by atoms with Crippen LogP contribution in [0.2, 0.25) is 0 Å². The van der Waals surface area contributed by atoms with Gasteiger partial charge in [0.2, 0.25) is 0 Å². The topological polar surface area (TPSA) is 9.72 Å². The number of nitrogens with zero attached hydrogens (tertiary/aromatic N) is 3. The molecule has 2 aromatic heterocycles. The molecule has 0 bridgehead atoms. The molecule has 2 heterocycles. The Morgan fingerprint density at radius 1 is 0.200 bits per heavy atom. The quantitative estimate of drug-likeness (QED) is 0.128. The van der Waals surface area contributed by atoms with Crippen molar-refractivity contribution in [1.29, 1.82) is 0 Å². The summed E-state index contributed by atoms with van der Waals surface area (Å²) in [5, 5.41) is 7.63. The highest BCUT2D eigenvalue weighted by Gasteiger charge is 2.22. The molecule has 0 aliphatic heterocycles. The van der Waals surface area contributed by atoms with Crippen molar-refractivity contribution in [2.24, 2.45) is 0 Å². The maximum atomic E-state index is 2.43. The maximum absolute atomic E-state index is 2.43. The van der Waals surface area contributed by atoms with Crippen molar-refractivity contribution in [3.8, 4) is 22.3 Å². The largest absolute Gasteiger partial charge is 0.310 e. The van der Waals surface area contributed by atoms with Gasteiger partial charge in [-0.3, -0.25) is 0 Å². The average molecular weight is 994 g/mol. The predicted molar refractivity (Wildman–Crippen MR) is 325 cm³/mol. The Kier molecular flexibility index (Phi) is 11.2. The number of hydrogen-bond acceptors (Lipinski definition) is 5. The molecule has 354 valence electrons. The second-order valence-electron chi connectivity index (χ2n) is 18.9. The van der Waals surface area contributed by atoms with E-state index < -0.39 is 0 Å².